The summed E-state index contributed by atoms with van der Waals surface area (Å²) in [6.07, 6.45) is 1.26. The topological polar surface area (TPSA) is 72.3 Å². The average Bonchev–Trinajstić information content (AvgIpc) is 2.63. The van der Waals surface area contributed by atoms with Crippen molar-refractivity contribution in [3.63, 3.8) is 0 Å². The fourth-order valence-electron chi connectivity index (χ4n) is 1.61. The molecule has 15 heavy (non-hydrogen) atoms. The summed E-state index contributed by atoms with van der Waals surface area (Å²) in [5, 5.41) is 8.55. The van der Waals surface area contributed by atoms with E-state index in [0.717, 1.165) is 17.7 Å². The van der Waals surface area contributed by atoms with Gasteiger partial charge in [0.2, 0.25) is 5.88 Å². The molecule has 5 heteroatoms. The summed E-state index contributed by atoms with van der Waals surface area (Å²) in [6, 6.07) is 0. The first-order valence-electron chi connectivity index (χ1n) is 4.88. The van der Waals surface area contributed by atoms with Crippen LogP contribution in [0.2, 0.25) is 0 Å². The first kappa shape index (κ1) is 9.89. The van der Waals surface area contributed by atoms with Crippen LogP contribution >= 0.6 is 0 Å². The van der Waals surface area contributed by atoms with E-state index >= 15 is 0 Å². The molecule has 1 aromatic rings. The third kappa shape index (κ3) is 2.06. The predicted octanol–water partition coefficient (Wildman–Crippen LogP) is 0.737. The van der Waals surface area contributed by atoms with E-state index in [-0.39, 0.29) is 6.42 Å². The number of ether oxygens (including phenoxy) is 1. The van der Waals surface area contributed by atoms with Gasteiger partial charge >= 0.3 is 5.97 Å². The molecule has 1 aromatic heterocycles. The van der Waals surface area contributed by atoms with Gasteiger partial charge in [-0.3, -0.25) is 4.79 Å². The zero-order valence-electron chi connectivity index (χ0n) is 8.49. The summed E-state index contributed by atoms with van der Waals surface area (Å²) >= 11 is 0. The zero-order chi connectivity index (χ0) is 10.8. The number of hydrogen-bond acceptors (Lipinski definition) is 4. The monoisotopic (exact) mass is 208 g/mol. The summed E-state index contributed by atoms with van der Waals surface area (Å²) in [6.45, 7) is 2.55. The Labute approximate surface area is 87.1 Å². The van der Waals surface area contributed by atoms with Crippen LogP contribution in [0.15, 0.2) is 0 Å². The molecule has 0 aromatic carbocycles. The maximum atomic E-state index is 10.4. The normalized spacial score (nSPS) is 13.4. The van der Waals surface area contributed by atoms with Gasteiger partial charge in [-0.25, -0.2) is 4.98 Å². The van der Waals surface area contributed by atoms with Crippen molar-refractivity contribution in [2.24, 2.45) is 0 Å². The quantitative estimate of drug-likeness (QED) is 0.793. The van der Waals surface area contributed by atoms with Crippen molar-refractivity contribution in [1.82, 2.24) is 9.97 Å². The molecule has 0 radical (unpaired) electrons. The van der Waals surface area contributed by atoms with Gasteiger partial charge in [0, 0.05) is 24.1 Å². The molecule has 0 saturated heterocycles. The predicted molar refractivity (Wildman–Crippen MR) is 51.9 cm³/mol. The molecule has 2 rings (SSSR count). The van der Waals surface area contributed by atoms with Crippen molar-refractivity contribution in [3.8, 4) is 5.88 Å². The molecule has 0 saturated carbocycles. The number of fused-ring (bicyclic) bond motifs is 1. The molecule has 1 N–H and O–H groups in total. The molecule has 0 fully saturated rings. The minimum absolute atomic E-state index is 0.0538. The van der Waals surface area contributed by atoms with Crippen molar-refractivity contribution in [3.05, 3.63) is 17.1 Å². The zero-order valence-corrected chi connectivity index (χ0v) is 8.49. The van der Waals surface area contributed by atoms with Crippen molar-refractivity contribution >= 4 is 5.97 Å². The average molecular weight is 208 g/mol. The summed E-state index contributed by atoms with van der Waals surface area (Å²) in [5.41, 5.74) is 1.95. The molecule has 1 aliphatic rings. The number of hydrogen-bond donors (Lipinski definition) is 1. The first-order valence-corrected chi connectivity index (χ1v) is 4.88. The number of aromatic nitrogens is 2. The second-order valence-corrected chi connectivity index (χ2v) is 3.50. The van der Waals surface area contributed by atoms with Gasteiger partial charge in [-0.1, -0.05) is 0 Å². The Balaban J connectivity index is 2.20. The van der Waals surface area contributed by atoms with Crippen LogP contribution in [0.1, 0.15) is 23.5 Å². The third-order valence-electron chi connectivity index (χ3n) is 2.38. The van der Waals surface area contributed by atoms with E-state index in [1.807, 2.05) is 6.92 Å². The van der Waals surface area contributed by atoms with Gasteiger partial charge in [0.05, 0.1) is 13.0 Å². The van der Waals surface area contributed by atoms with E-state index in [1.54, 1.807) is 0 Å². The number of aryl methyl sites for hydroxylation is 2. The van der Waals surface area contributed by atoms with Crippen LogP contribution in [0.5, 0.6) is 5.88 Å². The molecule has 0 spiro atoms. The minimum Gasteiger partial charge on any atom is -0.481 e. The maximum Gasteiger partial charge on any atom is 0.303 e. The Kier molecular flexibility index (Phi) is 2.53. The van der Waals surface area contributed by atoms with Gasteiger partial charge in [0.1, 0.15) is 5.82 Å². The number of nitrogens with zero attached hydrogens (tertiary/aromatic N) is 2. The second-order valence-electron chi connectivity index (χ2n) is 3.50. The van der Waals surface area contributed by atoms with Gasteiger partial charge in [0.25, 0.3) is 0 Å². The molecule has 0 unspecified atom stereocenters. The lowest BCUT2D eigenvalue weighted by atomic mass is 10.2. The van der Waals surface area contributed by atoms with Crippen LogP contribution in [0.3, 0.4) is 0 Å². The van der Waals surface area contributed by atoms with Crippen LogP contribution in [0.25, 0.3) is 0 Å². The molecular weight excluding hydrogens is 196 g/mol. The molecule has 0 atom stereocenters. The van der Waals surface area contributed by atoms with Crippen LogP contribution < -0.4 is 4.74 Å². The van der Waals surface area contributed by atoms with E-state index in [9.17, 15) is 4.79 Å². The standard InChI is InChI=1S/C10H12N2O3/c1-6-7-4-5-15-10(7)12-8(11-6)2-3-9(13)14/h2-5H2,1H3,(H,13,14). The van der Waals surface area contributed by atoms with Gasteiger partial charge in [-0.15, -0.1) is 0 Å². The summed E-state index contributed by atoms with van der Waals surface area (Å²) in [7, 11) is 0. The van der Waals surface area contributed by atoms with E-state index in [0.29, 0.717) is 24.7 Å². The minimum atomic E-state index is -0.835. The molecule has 5 nitrogen and oxygen atoms in total. The fraction of sp³-hybridized carbons (Fsp3) is 0.500. The number of aliphatic carboxylic acids is 1. The van der Waals surface area contributed by atoms with Gasteiger partial charge in [-0.05, 0) is 6.92 Å². The smallest absolute Gasteiger partial charge is 0.303 e. The fourth-order valence-corrected chi connectivity index (χ4v) is 1.61. The Morgan fingerprint density at radius 3 is 3.07 bits per heavy atom. The Hall–Kier alpha value is -1.65. The van der Waals surface area contributed by atoms with Crippen molar-refractivity contribution < 1.29 is 14.6 Å². The highest BCUT2D eigenvalue weighted by Gasteiger charge is 2.18. The van der Waals surface area contributed by atoms with E-state index in [4.69, 9.17) is 9.84 Å². The number of carbonyl (C=O) groups is 1. The maximum absolute atomic E-state index is 10.4. The van der Waals surface area contributed by atoms with Crippen LogP contribution in [-0.2, 0) is 17.6 Å². The number of rotatable bonds is 3. The summed E-state index contributed by atoms with van der Waals surface area (Å²) < 4.78 is 5.33. The largest absolute Gasteiger partial charge is 0.481 e. The highest BCUT2D eigenvalue weighted by Crippen LogP contribution is 2.24. The number of carboxylic acids is 1. The number of carboxylic acid groups (broad SMARTS) is 1. The summed E-state index contributed by atoms with van der Waals surface area (Å²) in [5.74, 6) is 0.344. The second kappa shape index (κ2) is 3.84. The van der Waals surface area contributed by atoms with E-state index in [1.165, 1.54) is 0 Å². The van der Waals surface area contributed by atoms with Crippen LogP contribution in [0.4, 0.5) is 0 Å². The Morgan fingerprint density at radius 1 is 1.53 bits per heavy atom. The van der Waals surface area contributed by atoms with Gasteiger partial charge < -0.3 is 9.84 Å². The third-order valence-corrected chi connectivity index (χ3v) is 2.38. The van der Waals surface area contributed by atoms with Crippen molar-refractivity contribution in [2.45, 2.75) is 26.2 Å². The molecule has 0 bridgehead atoms. The molecule has 2 heterocycles. The van der Waals surface area contributed by atoms with Crippen molar-refractivity contribution in [1.29, 1.82) is 0 Å². The Bertz CT molecular complexity index is 404. The lowest BCUT2D eigenvalue weighted by Gasteiger charge is -2.04. The molecule has 1 aliphatic heterocycles. The molecule has 0 aliphatic carbocycles. The van der Waals surface area contributed by atoms with E-state index in [2.05, 4.69) is 9.97 Å². The highest BCUT2D eigenvalue weighted by molar-refractivity contribution is 5.66. The molecular formula is C10H12N2O3. The Morgan fingerprint density at radius 2 is 2.33 bits per heavy atom. The van der Waals surface area contributed by atoms with Crippen molar-refractivity contribution in [2.75, 3.05) is 6.61 Å². The SMILES string of the molecule is Cc1nc(CCC(=O)O)nc2c1CCO2. The van der Waals surface area contributed by atoms with Gasteiger partial charge in [0.15, 0.2) is 0 Å². The molecule has 80 valence electrons. The lowest BCUT2D eigenvalue weighted by Crippen LogP contribution is -2.04. The van der Waals surface area contributed by atoms with Gasteiger partial charge in [-0.2, -0.15) is 4.98 Å². The van der Waals surface area contributed by atoms with Crippen LogP contribution in [-0.4, -0.2) is 27.7 Å². The first-order chi connectivity index (χ1) is 7.16. The highest BCUT2D eigenvalue weighted by atomic mass is 16.5. The molecule has 0 amide bonds. The van der Waals surface area contributed by atoms with E-state index < -0.39 is 5.97 Å². The van der Waals surface area contributed by atoms with Crippen LogP contribution in [0, 0.1) is 6.92 Å². The lowest BCUT2D eigenvalue weighted by molar-refractivity contribution is -0.137. The summed E-state index contributed by atoms with van der Waals surface area (Å²) in [4.78, 5) is 18.9.